The first-order valence-corrected chi connectivity index (χ1v) is 15.6. The van der Waals surface area contributed by atoms with E-state index >= 15 is 0 Å². The van der Waals surface area contributed by atoms with E-state index in [1.54, 1.807) is 18.0 Å². The molecule has 0 radical (unpaired) electrons. The number of allylic oxidation sites excluding steroid dienone is 4. The van der Waals surface area contributed by atoms with Crippen molar-refractivity contribution in [3.8, 4) is 11.1 Å². The zero-order valence-electron chi connectivity index (χ0n) is 25.4. The Bertz CT molecular complexity index is 1160. The number of anilines is 2. The van der Waals surface area contributed by atoms with Crippen molar-refractivity contribution in [3.05, 3.63) is 65.6 Å². The van der Waals surface area contributed by atoms with Crippen LogP contribution in [0.1, 0.15) is 89.9 Å². The highest BCUT2D eigenvalue weighted by Crippen LogP contribution is 2.43. The van der Waals surface area contributed by atoms with Crippen molar-refractivity contribution < 1.29 is 14.3 Å². The Morgan fingerprint density at radius 2 is 1.77 bits per heavy atom. The lowest BCUT2D eigenvalue weighted by Crippen LogP contribution is -2.34. The SMILES string of the molecule is CC.CC.CC1CCCCC1.CN(C)c1cc2c(cc1-c1ccc(F)c(C(=O)O)c1)SNCN2C1=CC=CCC1. The lowest BCUT2D eigenvalue weighted by molar-refractivity contribution is 0.0692. The monoisotopic (exact) mass is 569 g/mol. The van der Waals surface area contributed by atoms with Crippen molar-refractivity contribution in [1.29, 1.82) is 0 Å². The number of aromatic carboxylic acids is 1. The molecular weight excluding hydrogens is 521 g/mol. The average molecular weight is 570 g/mol. The molecular formula is C33H48FN3O2S. The Labute approximate surface area is 245 Å². The highest BCUT2D eigenvalue weighted by atomic mass is 32.2. The molecule has 220 valence electrons. The summed E-state index contributed by atoms with van der Waals surface area (Å²) in [5, 5.41) is 9.30. The average Bonchev–Trinajstić information content (AvgIpc) is 2.99. The van der Waals surface area contributed by atoms with Gasteiger partial charge < -0.3 is 14.9 Å². The van der Waals surface area contributed by atoms with Gasteiger partial charge in [0, 0.05) is 35.9 Å². The van der Waals surface area contributed by atoms with Crippen LogP contribution < -0.4 is 14.5 Å². The highest BCUT2D eigenvalue weighted by molar-refractivity contribution is 7.97. The van der Waals surface area contributed by atoms with Gasteiger partial charge in [0.15, 0.2) is 0 Å². The first-order chi connectivity index (χ1) is 19.3. The number of nitrogens with zero attached hydrogens (tertiary/aromatic N) is 2. The van der Waals surface area contributed by atoms with Crippen molar-refractivity contribution in [3.63, 3.8) is 0 Å². The third-order valence-corrected chi connectivity index (χ3v) is 7.82. The zero-order valence-corrected chi connectivity index (χ0v) is 26.2. The van der Waals surface area contributed by atoms with E-state index in [2.05, 4.69) is 40.8 Å². The van der Waals surface area contributed by atoms with Gasteiger partial charge in [0.2, 0.25) is 0 Å². The molecule has 1 aliphatic heterocycles. The summed E-state index contributed by atoms with van der Waals surface area (Å²) in [5.74, 6) is -0.966. The van der Waals surface area contributed by atoms with Gasteiger partial charge in [-0.1, -0.05) is 84.9 Å². The summed E-state index contributed by atoms with van der Waals surface area (Å²) in [6, 6.07) is 8.42. The van der Waals surface area contributed by atoms with Crippen molar-refractivity contribution in [2.75, 3.05) is 30.6 Å². The first kappa shape index (κ1) is 33.4. The minimum atomic E-state index is -1.27. The molecule has 7 heteroatoms. The molecule has 2 aliphatic carbocycles. The molecule has 0 amide bonds. The molecule has 0 atom stereocenters. The summed E-state index contributed by atoms with van der Waals surface area (Å²) in [4.78, 5) is 16.7. The third-order valence-electron chi connectivity index (χ3n) is 6.99. The lowest BCUT2D eigenvalue weighted by atomic mass is 9.91. The maximum atomic E-state index is 13.9. The molecule has 0 spiro atoms. The fourth-order valence-electron chi connectivity index (χ4n) is 4.95. The van der Waals surface area contributed by atoms with Crippen LogP contribution in [0.25, 0.3) is 11.1 Å². The number of nitrogens with one attached hydrogen (secondary N) is 1. The maximum Gasteiger partial charge on any atom is 0.338 e. The second-order valence-electron chi connectivity index (χ2n) is 9.93. The van der Waals surface area contributed by atoms with Gasteiger partial charge in [-0.3, -0.25) is 0 Å². The molecule has 0 saturated heterocycles. The van der Waals surface area contributed by atoms with E-state index in [4.69, 9.17) is 0 Å². The van der Waals surface area contributed by atoms with Crippen molar-refractivity contribution in [1.82, 2.24) is 4.72 Å². The molecule has 0 unspecified atom stereocenters. The molecule has 0 bridgehead atoms. The molecule has 1 fully saturated rings. The van der Waals surface area contributed by atoms with Gasteiger partial charge in [-0.2, -0.15) is 0 Å². The van der Waals surface area contributed by atoms with E-state index in [1.165, 1.54) is 49.9 Å². The van der Waals surface area contributed by atoms with E-state index < -0.39 is 11.8 Å². The topological polar surface area (TPSA) is 55.8 Å². The van der Waals surface area contributed by atoms with Crippen molar-refractivity contribution in [2.24, 2.45) is 5.92 Å². The minimum absolute atomic E-state index is 0.323. The quantitative estimate of drug-likeness (QED) is 0.358. The molecule has 5 rings (SSSR count). The summed E-state index contributed by atoms with van der Waals surface area (Å²) >= 11 is 1.55. The number of carbonyl (C=O) groups is 1. The molecule has 2 aromatic carbocycles. The smallest absolute Gasteiger partial charge is 0.338 e. The highest BCUT2D eigenvalue weighted by Gasteiger charge is 2.24. The van der Waals surface area contributed by atoms with E-state index in [1.807, 2.05) is 52.8 Å². The number of halogens is 1. The fourth-order valence-corrected chi connectivity index (χ4v) is 5.75. The lowest BCUT2D eigenvalue weighted by Gasteiger charge is -2.35. The number of hydrogen-bond donors (Lipinski definition) is 2. The standard InChI is InChI=1S/C22H22FN3O2S.C7H14.2C2H6/c1-25(2)19-12-20-21(29-24-13-26(20)15-6-4-3-5-7-15)11-16(19)14-8-9-18(23)17(10-14)22(27)28;1-7-5-3-2-4-6-7;2*1-2/h3-4,6,8-12,24H,5,7,13H2,1-2H3,(H,27,28);7H,2-6H2,1H3;2*1-2H3. The predicted molar refractivity (Wildman–Crippen MR) is 171 cm³/mol. The second-order valence-corrected chi connectivity index (χ2v) is 10.9. The van der Waals surface area contributed by atoms with Crippen molar-refractivity contribution >= 4 is 29.3 Å². The van der Waals surface area contributed by atoms with Crippen LogP contribution in [-0.4, -0.2) is 31.8 Å². The summed E-state index contributed by atoms with van der Waals surface area (Å²) in [5.41, 5.74) is 4.54. The van der Waals surface area contributed by atoms with Crippen LogP contribution in [0.15, 0.2) is 59.2 Å². The Hall–Kier alpha value is -2.77. The van der Waals surface area contributed by atoms with E-state index in [-0.39, 0.29) is 5.56 Å². The number of fused-ring (bicyclic) bond motifs is 1. The summed E-state index contributed by atoms with van der Waals surface area (Å²) in [6.45, 7) is 11.1. The van der Waals surface area contributed by atoms with Gasteiger partial charge in [0.1, 0.15) is 5.82 Å². The summed E-state index contributed by atoms with van der Waals surface area (Å²) in [7, 11) is 3.90. The van der Waals surface area contributed by atoms with Crippen LogP contribution in [0.2, 0.25) is 0 Å². The molecule has 0 aromatic heterocycles. The van der Waals surface area contributed by atoms with E-state index in [0.717, 1.165) is 40.6 Å². The fraction of sp³-hybridized carbons (Fsp3) is 0.485. The van der Waals surface area contributed by atoms with Crippen LogP contribution in [0.5, 0.6) is 0 Å². The molecule has 40 heavy (non-hydrogen) atoms. The first-order valence-electron chi connectivity index (χ1n) is 14.8. The predicted octanol–water partition coefficient (Wildman–Crippen LogP) is 9.50. The number of rotatable bonds is 4. The van der Waals surface area contributed by atoms with Gasteiger partial charge in [0.05, 0.1) is 17.9 Å². The Morgan fingerprint density at radius 3 is 2.33 bits per heavy atom. The zero-order chi connectivity index (χ0) is 29.7. The van der Waals surface area contributed by atoms with Crippen LogP contribution in [-0.2, 0) is 0 Å². The Balaban J connectivity index is 0.000000434. The maximum absolute atomic E-state index is 13.9. The number of carboxylic acids is 1. The number of carboxylic acid groups (broad SMARTS) is 1. The number of hydrogen-bond acceptors (Lipinski definition) is 5. The van der Waals surface area contributed by atoms with Crippen LogP contribution in [0.3, 0.4) is 0 Å². The van der Waals surface area contributed by atoms with Gasteiger partial charge in [-0.25, -0.2) is 13.9 Å². The molecule has 5 nitrogen and oxygen atoms in total. The minimum Gasteiger partial charge on any atom is -0.478 e. The number of benzene rings is 2. The van der Waals surface area contributed by atoms with E-state index in [9.17, 15) is 14.3 Å². The van der Waals surface area contributed by atoms with Crippen molar-refractivity contribution in [2.45, 2.75) is 84.5 Å². The molecule has 2 N–H and O–H groups in total. The second kappa shape index (κ2) is 17.1. The molecule has 2 aromatic rings. The molecule has 1 heterocycles. The van der Waals surface area contributed by atoms with Gasteiger partial charge in [0.25, 0.3) is 0 Å². The van der Waals surface area contributed by atoms with Crippen LogP contribution in [0, 0.1) is 11.7 Å². The largest absolute Gasteiger partial charge is 0.478 e. The van der Waals surface area contributed by atoms with Gasteiger partial charge >= 0.3 is 5.97 Å². The Kier molecular flexibility index (Phi) is 14.3. The van der Waals surface area contributed by atoms with Crippen LogP contribution in [0.4, 0.5) is 15.8 Å². The summed E-state index contributed by atoms with van der Waals surface area (Å²) < 4.78 is 17.3. The van der Waals surface area contributed by atoms with Gasteiger partial charge in [-0.15, -0.1) is 0 Å². The van der Waals surface area contributed by atoms with Gasteiger partial charge in [-0.05, 0) is 66.6 Å². The molecule has 3 aliphatic rings. The molecule has 1 saturated carbocycles. The third kappa shape index (κ3) is 8.87. The summed E-state index contributed by atoms with van der Waals surface area (Å²) in [6.07, 6.45) is 15.9. The van der Waals surface area contributed by atoms with E-state index in [0.29, 0.717) is 12.2 Å². The Morgan fingerprint density at radius 1 is 1.07 bits per heavy atom. The van der Waals surface area contributed by atoms with Crippen LogP contribution >= 0.6 is 11.9 Å². The normalized spacial score (nSPS) is 16.1.